The Morgan fingerprint density at radius 3 is 2.52 bits per heavy atom. The van der Waals surface area contributed by atoms with Crippen LogP contribution in [0.5, 0.6) is 5.75 Å². The topological polar surface area (TPSA) is 71.7 Å². The number of ether oxygens (including phenoxy) is 1. The minimum atomic E-state index is -4.41. The minimum Gasteiger partial charge on any atom is -0.491 e. The Morgan fingerprint density at radius 1 is 1.26 bits per heavy atom. The first-order valence-electron chi connectivity index (χ1n) is 6.65. The number of furan rings is 1. The van der Waals surface area contributed by atoms with E-state index in [-0.39, 0.29) is 18.9 Å². The molecule has 0 fully saturated rings. The molecule has 23 heavy (non-hydrogen) atoms. The van der Waals surface area contributed by atoms with Crippen molar-refractivity contribution in [3.05, 3.63) is 54.0 Å². The maximum absolute atomic E-state index is 12.4. The van der Waals surface area contributed by atoms with Gasteiger partial charge in [0.05, 0.1) is 17.4 Å². The lowest BCUT2D eigenvalue weighted by Crippen LogP contribution is -2.35. The largest absolute Gasteiger partial charge is 0.491 e. The van der Waals surface area contributed by atoms with Crippen molar-refractivity contribution in [2.24, 2.45) is 0 Å². The lowest BCUT2D eigenvalue weighted by molar-refractivity contribution is -0.137. The zero-order chi connectivity index (χ0) is 16.9. The second kappa shape index (κ2) is 7.19. The number of amides is 1. The fourth-order valence-corrected chi connectivity index (χ4v) is 1.70. The highest BCUT2D eigenvalue weighted by atomic mass is 19.4. The van der Waals surface area contributed by atoms with Crippen LogP contribution >= 0.6 is 0 Å². The lowest BCUT2D eigenvalue weighted by Gasteiger charge is -2.13. The molecule has 0 spiro atoms. The predicted octanol–water partition coefficient (Wildman–Crippen LogP) is 2.47. The number of halogens is 3. The van der Waals surface area contributed by atoms with Gasteiger partial charge in [0, 0.05) is 6.54 Å². The van der Waals surface area contributed by atoms with E-state index >= 15 is 0 Å². The summed E-state index contributed by atoms with van der Waals surface area (Å²) in [6.45, 7) is -0.234. The van der Waals surface area contributed by atoms with Gasteiger partial charge in [-0.3, -0.25) is 4.79 Å². The van der Waals surface area contributed by atoms with Gasteiger partial charge in [-0.1, -0.05) is 0 Å². The van der Waals surface area contributed by atoms with Crippen LogP contribution in [0.25, 0.3) is 0 Å². The van der Waals surface area contributed by atoms with Crippen LogP contribution in [-0.2, 0) is 6.18 Å². The fourth-order valence-electron chi connectivity index (χ4n) is 1.70. The van der Waals surface area contributed by atoms with E-state index < -0.39 is 23.8 Å². The Kier molecular flexibility index (Phi) is 5.28. The predicted molar refractivity (Wildman–Crippen MR) is 74.0 cm³/mol. The van der Waals surface area contributed by atoms with Crippen LogP contribution in [0.15, 0.2) is 47.3 Å². The number of aliphatic hydroxyl groups excluding tert-OH is 1. The van der Waals surface area contributed by atoms with Crippen LogP contribution in [0.2, 0.25) is 0 Å². The molecule has 2 rings (SSSR count). The Balaban J connectivity index is 1.76. The van der Waals surface area contributed by atoms with Crippen molar-refractivity contribution in [2.75, 3.05) is 13.2 Å². The first kappa shape index (κ1) is 16.9. The van der Waals surface area contributed by atoms with Crippen LogP contribution in [0, 0.1) is 0 Å². The van der Waals surface area contributed by atoms with Crippen LogP contribution in [0.1, 0.15) is 15.9 Å². The number of hydrogen-bond acceptors (Lipinski definition) is 4. The van der Waals surface area contributed by atoms with Gasteiger partial charge >= 0.3 is 6.18 Å². The summed E-state index contributed by atoms with van der Waals surface area (Å²) in [4.78, 5) is 11.6. The van der Waals surface area contributed by atoms with Crippen LogP contribution < -0.4 is 10.1 Å². The molecule has 0 aliphatic carbocycles. The lowest BCUT2D eigenvalue weighted by atomic mass is 10.2. The van der Waals surface area contributed by atoms with Gasteiger partial charge in [-0.25, -0.2) is 0 Å². The molecular formula is C15H14F3NO4. The molecule has 2 aromatic rings. The van der Waals surface area contributed by atoms with E-state index in [1.165, 1.54) is 30.7 Å². The zero-order valence-electron chi connectivity index (χ0n) is 11.8. The third kappa shape index (κ3) is 5.03. The van der Waals surface area contributed by atoms with Crippen molar-refractivity contribution in [1.82, 2.24) is 5.32 Å². The molecule has 0 aliphatic rings. The Morgan fingerprint density at radius 2 is 1.96 bits per heavy atom. The van der Waals surface area contributed by atoms with Crippen molar-refractivity contribution in [3.63, 3.8) is 0 Å². The van der Waals surface area contributed by atoms with Gasteiger partial charge in [0.25, 0.3) is 5.91 Å². The van der Waals surface area contributed by atoms with E-state index in [1.54, 1.807) is 0 Å². The Hall–Kier alpha value is -2.48. The monoisotopic (exact) mass is 329 g/mol. The molecule has 1 amide bonds. The van der Waals surface area contributed by atoms with Crippen molar-refractivity contribution in [3.8, 4) is 5.75 Å². The van der Waals surface area contributed by atoms with Crippen molar-refractivity contribution < 1.29 is 32.2 Å². The summed E-state index contributed by atoms with van der Waals surface area (Å²) >= 11 is 0. The number of aliphatic hydroxyl groups is 1. The fraction of sp³-hybridized carbons (Fsp3) is 0.267. The Bertz CT molecular complexity index is 623. The molecule has 0 aliphatic heterocycles. The SMILES string of the molecule is O=C(NCC(O)COc1ccc(C(F)(F)F)cc1)c1ccoc1. The average molecular weight is 329 g/mol. The molecule has 0 radical (unpaired) electrons. The van der Waals surface area contributed by atoms with Crippen molar-refractivity contribution in [1.29, 1.82) is 0 Å². The van der Waals surface area contributed by atoms with Gasteiger partial charge in [0.1, 0.15) is 24.7 Å². The van der Waals surface area contributed by atoms with E-state index in [0.717, 1.165) is 12.1 Å². The Labute approximate surface area is 129 Å². The molecule has 0 bridgehead atoms. The summed E-state index contributed by atoms with van der Waals surface area (Å²) in [6.07, 6.45) is -2.80. The maximum atomic E-state index is 12.4. The molecule has 5 nitrogen and oxygen atoms in total. The van der Waals surface area contributed by atoms with Gasteiger partial charge in [-0.05, 0) is 30.3 Å². The summed E-state index contributed by atoms with van der Waals surface area (Å²) < 4.78 is 47.1. The number of carbonyl (C=O) groups excluding carboxylic acids is 1. The highest BCUT2D eigenvalue weighted by Gasteiger charge is 2.30. The van der Waals surface area contributed by atoms with Gasteiger partial charge in [-0.2, -0.15) is 13.2 Å². The molecule has 1 aromatic carbocycles. The van der Waals surface area contributed by atoms with E-state index in [0.29, 0.717) is 5.56 Å². The minimum absolute atomic E-state index is 0.0648. The molecule has 124 valence electrons. The van der Waals surface area contributed by atoms with Gasteiger partial charge in [0.15, 0.2) is 0 Å². The van der Waals surface area contributed by atoms with Gasteiger partial charge in [0.2, 0.25) is 0 Å². The molecule has 1 unspecified atom stereocenters. The second-order valence-electron chi connectivity index (χ2n) is 4.71. The van der Waals surface area contributed by atoms with E-state index in [4.69, 9.17) is 9.15 Å². The number of hydrogen-bond donors (Lipinski definition) is 2. The molecule has 0 saturated carbocycles. The molecule has 8 heteroatoms. The van der Waals surface area contributed by atoms with Crippen LogP contribution in [-0.4, -0.2) is 30.3 Å². The third-order valence-corrected chi connectivity index (χ3v) is 2.91. The molecule has 1 heterocycles. The summed E-state index contributed by atoms with van der Waals surface area (Å²) in [5, 5.41) is 12.2. The third-order valence-electron chi connectivity index (χ3n) is 2.91. The first-order chi connectivity index (χ1) is 10.9. The smallest absolute Gasteiger partial charge is 0.416 e. The molecule has 2 N–H and O–H groups in total. The summed E-state index contributed by atoms with van der Waals surface area (Å²) in [7, 11) is 0. The number of carbonyl (C=O) groups is 1. The molecular weight excluding hydrogens is 315 g/mol. The zero-order valence-corrected chi connectivity index (χ0v) is 11.8. The summed E-state index contributed by atoms with van der Waals surface area (Å²) in [6, 6.07) is 5.59. The van der Waals surface area contributed by atoms with Crippen LogP contribution in [0.4, 0.5) is 13.2 Å². The van der Waals surface area contributed by atoms with E-state index in [9.17, 15) is 23.1 Å². The summed E-state index contributed by atoms with van der Waals surface area (Å²) in [5.41, 5.74) is -0.460. The van der Waals surface area contributed by atoms with Crippen molar-refractivity contribution in [2.45, 2.75) is 12.3 Å². The quantitative estimate of drug-likeness (QED) is 0.854. The number of benzene rings is 1. The normalized spacial score (nSPS) is 12.7. The second-order valence-corrected chi connectivity index (χ2v) is 4.71. The van der Waals surface area contributed by atoms with Gasteiger partial charge < -0.3 is 19.6 Å². The van der Waals surface area contributed by atoms with Crippen LogP contribution in [0.3, 0.4) is 0 Å². The number of nitrogens with one attached hydrogen (secondary N) is 1. The average Bonchev–Trinajstić information content (AvgIpc) is 3.04. The van der Waals surface area contributed by atoms with Crippen molar-refractivity contribution >= 4 is 5.91 Å². The highest BCUT2D eigenvalue weighted by Crippen LogP contribution is 2.30. The number of alkyl halides is 3. The van der Waals surface area contributed by atoms with E-state index in [1.807, 2.05) is 0 Å². The molecule has 0 saturated heterocycles. The highest BCUT2D eigenvalue weighted by molar-refractivity contribution is 5.93. The standard InChI is InChI=1S/C15H14F3NO4/c16-15(17,18)11-1-3-13(4-2-11)23-9-12(20)7-19-14(21)10-5-6-22-8-10/h1-6,8,12,20H,7,9H2,(H,19,21). The molecule has 1 atom stereocenters. The van der Waals surface area contributed by atoms with Gasteiger partial charge in [-0.15, -0.1) is 0 Å². The maximum Gasteiger partial charge on any atom is 0.416 e. The number of rotatable bonds is 6. The first-order valence-corrected chi connectivity index (χ1v) is 6.65. The summed E-state index contributed by atoms with van der Waals surface area (Å²) in [5.74, 6) is -0.217. The van der Waals surface area contributed by atoms with E-state index in [2.05, 4.69) is 5.32 Å². The molecule has 1 aromatic heterocycles.